The Morgan fingerprint density at radius 3 is 2.25 bits per heavy atom. The fourth-order valence-corrected chi connectivity index (χ4v) is 3.82. The van der Waals surface area contributed by atoms with Crippen molar-refractivity contribution in [3.05, 3.63) is 77.4 Å². The van der Waals surface area contributed by atoms with E-state index in [2.05, 4.69) is 9.98 Å². The van der Waals surface area contributed by atoms with Crippen molar-refractivity contribution in [1.82, 2.24) is 4.98 Å². The van der Waals surface area contributed by atoms with Crippen LogP contribution in [0, 0.1) is 17.8 Å². The van der Waals surface area contributed by atoms with E-state index in [9.17, 15) is 4.79 Å². The molecule has 2 aliphatic rings. The second kappa shape index (κ2) is 17.0. The van der Waals surface area contributed by atoms with Gasteiger partial charge in [0, 0.05) is 45.2 Å². The molecule has 1 unspecified atom stereocenters. The van der Waals surface area contributed by atoms with E-state index in [0.29, 0.717) is 17.5 Å². The summed E-state index contributed by atoms with van der Waals surface area (Å²) in [7, 11) is 1.58. The van der Waals surface area contributed by atoms with Crippen LogP contribution in [0.5, 0.6) is 5.88 Å². The number of aliphatic hydroxyl groups excluding tert-OH is 1. The van der Waals surface area contributed by atoms with E-state index in [1.807, 2.05) is 49.4 Å². The summed E-state index contributed by atoms with van der Waals surface area (Å²) in [4.78, 5) is 18.8. The molecule has 2 fully saturated rings. The normalized spacial score (nSPS) is 16.5. The van der Waals surface area contributed by atoms with Gasteiger partial charge in [0.05, 0.1) is 25.5 Å². The molecule has 2 saturated carbocycles. The number of nitrogens with one attached hydrogen (secondary N) is 1. The van der Waals surface area contributed by atoms with Crippen molar-refractivity contribution in [3.63, 3.8) is 0 Å². The summed E-state index contributed by atoms with van der Waals surface area (Å²) in [6.45, 7) is 2.07. The van der Waals surface area contributed by atoms with E-state index in [0.717, 1.165) is 29.2 Å². The third-order valence-electron chi connectivity index (χ3n) is 6.00. The molecule has 0 spiro atoms. The van der Waals surface area contributed by atoms with Gasteiger partial charge in [0.1, 0.15) is 6.29 Å². The molecule has 8 nitrogen and oxygen atoms in total. The molecule has 2 aromatic rings. The molecule has 0 bridgehead atoms. The first-order valence-electron chi connectivity index (χ1n) is 12.0. The first-order valence-corrected chi connectivity index (χ1v) is 12.0. The van der Waals surface area contributed by atoms with Gasteiger partial charge in [0.15, 0.2) is 0 Å². The molecule has 1 heterocycles. The Bertz CT molecular complexity index is 937. The van der Waals surface area contributed by atoms with Crippen molar-refractivity contribution in [2.45, 2.75) is 51.3 Å². The van der Waals surface area contributed by atoms with Crippen molar-refractivity contribution in [2.24, 2.45) is 34.2 Å². The van der Waals surface area contributed by atoms with Gasteiger partial charge in [0.2, 0.25) is 5.88 Å². The molecule has 2 atom stereocenters. The van der Waals surface area contributed by atoms with Gasteiger partial charge in [-0.3, -0.25) is 4.99 Å². The number of aliphatic hydroxyl groups is 1. The molecular weight excluding hydrogens is 626 g/mol. The number of methoxy groups -OCH3 is 1. The van der Waals surface area contributed by atoms with Crippen LogP contribution in [0.15, 0.2) is 65.6 Å². The minimum absolute atomic E-state index is 0. The molecule has 1 aromatic heterocycles. The molecule has 4 rings (SSSR count). The molecular formula is C27H38N5O3W-. The number of hydrogen-bond acceptors (Lipinski definition) is 7. The van der Waals surface area contributed by atoms with Gasteiger partial charge in [-0.05, 0) is 68.1 Å². The van der Waals surface area contributed by atoms with Crippen molar-refractivity contribution >= 4 is 12.5 Å². The largest absolute Gasteiger partial charge is 0.668 e. The van der Waals surface area contributed by atoms with Crippen molar-refractivity contribution < 1.29 is 35.7 Å². The molecule has 0 aliphatic heterocycles. The van der Waals surface area contributed by atoms with Gasteiger partial charge in [-0.25, -0.2) is 4.98 Å². The zero-order valence-corrected chi connectivity index (χ0v) is 23.9. The Morgan fingerprint density at radius 2 is 1.81 bits per heavy atom. The Kier molecular flexibility index (Phi) is 14.9. The summed E-state index contributed by atoms with van der Waals surface area (Å²) in [5.74, 6) is 2.46. The number of pyridine rings is 1. The standard InChI is InChI=1S/C11H16N4O.C9H14NO.C7H8O.W/c1-8(15-7-9(13)6-12)10-4-3-5-14-11(10)16-2;10-8(5-11)9(6-1-2-6)7-3-4-7;8-6-7-4-2-1-3-5-7;/h3-8H,12-13H2,1-2H3;5-10H,1-4H2;1-5,8H,6H2;/q;-1;;/b9-6+,15-7?;;;/t8-;;;/m0.../s1. The number of hydrogen-bond donors (Lipinski definition) is 3. The van der Waals surface area contributed by atoms with Crippen LogP contribution < -0.4 is 16.2 Å². The van der Waals surface area contributed by atoms with Crippen molar-refractivity contribution in [3.8, 4) is 5.88 Å². The molecule has 196 valence electrons. The number of nitrogens with two attached hydrogens (primary N) is 2. The number of ether oxygens (including phenoxy) is 1. The average Bonchev–Trinajstić information content (AvgIpc) is 3.84. The second-order valence-corrected chi connectivity index (χ2v) is 8.78. The van der Waals surface area contributed by atoms with Crippen LogP contribution >= 0.6 is 0 Å². The third-order valence-corrected chi connectivity index (χ3v) is 6.00. The van der Waals surface area contributed by atoms with Crippen LogP contribution in [-0.2, 0) is 32.5 Å². The number of rotatable bonds is 9. The van der Waals surface area contributed by atoms with Gasteiger partial charge >= 0.3 is 0 Å². The predicted molar refractivity (Wildman–Crippen MR) is 140 cm³/mol. The van der Waals surface area contributed by atoms with Crippen LogP contribution in [0.1, 0.15) is 49.8 Å². The summed E-state index contributed by atoms with van der Waals surface area (Å²) in [5.41, 5.74) is 20.6. The number of carbonyl (C=O) groups excluding carboxylic acids is 1. The summed E-state index contributed by atoms with van der Waals surface area (Å²) < 4.78 is 5.14. The quantitative estimate of drug-likeness (QED) is 0.271. The van der Waals surface area contributed by atoms with E-state index in [4.69, 9.17) is 27.0 Å². The van der Waals surface area contributed by atoms with Gasteiger partial charge in [-0.15, -0.1) is 0 Å². The number of aliphatic imine (C=N–C) groups is 1. The molecule has 36 heavy (non-hydrogen) atoms. The van der Waals surface area contributed by atoms with E-state index < -0.39 is 6.04 Å². The number of aldehydes is 1. The van der Waals surface area contributed by atoms with Gasteiger partial charge < -0.3 is 31.8 Å². The number of allylic oxidation sites excluding steroid dienone is 1. The molecule has 9 heteroatoms. The Labute approximate surface area is 228 Å². The van der Waals surface area contributed by atoms with Crippen LogP contribution in [0.4, 0.5) is 0 Å². The summed E-state index contributed by atoms with van der Waals surface area (Å²) in [6, 6.07) is 12.8. The first-order chi connectivity index (χ1) is 16.9. The minimum Gasteiger partial charge on any atom is -0.668 e. The molecule has 0 saturated heterocycles. The predicted octanol–water partition coefficient (Wildman–Crippen LogP) is 4.20. The maximum absolute atomic E-state index is 10.4. The third kappa shape index (κ3) is 11.0. The van der Waals surface area contributed by atoms with Crippen LogP contribution in [0.25, 0.3) is 5.73 Å². The summed E-state index contributed by atoms with van der Waals surface area (Å²) in [6.07, 6.45) is 10.4. The summed E-state index contributed by atoms with van der Waals surface area (Å²) in [5, 5.41) is 8.54. The minimum atomic E-state index is -0.421. The number of benzene rings is 1. The maximum Gasteiger partial charge on any atom is 0.218 e. The number of aromatic nitrogens is 1. The SMILES string of the molecule is COc1ncccc1[C@H](C)N=C/C(N)=C\N.OCc1ccccc1.[NH-]C(C=O)C(C1CC1)C1CC1.[W]. The van der Waals surface area contributed by atoms with E-state index in [1.54, 1.807) is 13.3 Å². The topological polar surface area (TPSA) is 148 Å². The zero-order valence-electron chi connectivity index (χ0n) is 21.0. The van der Waals surface area contributed by atoms with Crippen molar-refractivity contribution in [1.29, 1.82) is 0 Å². The number of nitrogens with zero attached hydrogens (tertiary/aromatic N) is 2. The van der Waals surface area contributed by atoms with Gasteiger partial charge in [-0.1, -0.05) is 36.4 Å². The summed E-state index contributed by atoms with van der Waals surface area (Å²) >= 11 is 0. The van der Waals surface area contributed by atoms with Crippen LogP contribution in [0.2, 0.25) is 0 Å². The molecule has 1 aromatic carbocycles. The van der Waals surface area contributed by atoms with Gasteiger partial charge in [0.25, 0.3) is 0 Å². The second-order valence-electron chi connectivity index (χ2n) is 8.78. The van der Waals surface area contributed by atoms with E-state index in [-0.39, 0.29) is 33.7 Å². The first kappa shape index (κ1) is 31.5. The molecule has 2 aliphatic carbocycles. The fourth-order valence-electron chi connectivity index (χ4n) is 3.82. The van der Waals surface area contributed by atoms with E-state index in [1.165, 1.54) is 38.1 Å². The van der Waals surface area contributed by atoms with Crippen molar-refractivity contribution in [2.75, 3.05) is 7.11 Å². The maximum atomic E-state index is 10.4. The van der Waals surface area contributed by atoms with Crippen LogP contribution in [-0.4, -0.2) is 35.7 Å². The molecule has 0 radical (unpaired) electrons. The Hall–Kier alpha value is -2.54. The fraction of sp³-hybridized carbons (Fsp3) is 0.444. The number of carbonyl (C=O) groups is 1. The average molecular weight is 664 g/mol. The molecule has 6 N–H and O–H groups in total. The Balaban J connectivity index is 0.000000282. The smallest absolute Gasteiger partial charge is 0.218 e. The molecule has 0 amide bonds. The van der Waals surface area contributed by atoms with Gasteiger partial charge in [-0.2, -0.15) is 0 Å². The van der Waals surface area contributed by atoms with Crippen LogP contribution in [0.3, 0.4) is 0 Å². The van der Waals surface area contributed by atoms with E-state index >= 15 is 0 Å². The Morgan fingerprint density at radius 1 is 1.19 bits per heavy atom. The monoisotopic (exact) mass is 664 g/mol. The zero-order chi connectivity index (χ0) is 25.6.